The van der Waals surface area contributed by atoms with Crippen LogP contribution in [0, 0.1) is 5.92 Å². The van der Waals surface area contributed by atoms with Gasteiger partial charge in [-0.05, 0) is 68.7 Å². The molecular weight excluding hydrogens is 284 g/mol. The Bertz CT molecular complexity index is 476. The van der Waals surface area contributed by atoms with Crippen molar-refractivity contribution < 1.29 is 4.79 Å². The van der Waals surface area contributed by atoms with Crippen LogP contribution in [0.4, 0.5) is 5.69 Å². The first-order chi connectivity index (χ1) is 9.65. The molecule has 2 N–H and O–H groups in total. The number of hydrogen-bond donors (Lipinski definition) is 1. The van der Waals surface area contributed by atoms with Crippen molar-refractivity contribution in [2.45, 2.75) is 57.5 Å². The van der Waals surface area contributed by atoms with Gasteiger partial charge in [-0.3, -0.25) is 4.79 Å². The molecule has 0 atom stereocenters. The summed E-state index contributed by atoms with van der Waals surface area (Å²) >= 11 is 0. The molecule has 116 valence electrons. The van der Waals surface area contributed by atoms with Crippen molar-refractivity contribution in [3.63, 3.8) is 0 Å². The first kappa shape index (κ1) is 16.2. The number of amides is 1. The summed E-state index contributed by atoms with van der Waals surface area (Å²) in [5, 5.41) is 0. The van der Waals surface area contributed by atoms with Gasteiger partial charge in [0.15, 0.2) is 0 Å². The van der Waals surface area contributed by atoms with Crippen molar-refractivity contribution in [3.05, 3.63) is 29.8 Å². The van der Waals surface area contributed by atoms with Gasteiger partial charge in [-0.25, -0.2) is 0 Å². The minimum atomic E-state index is 0. The van der Waals surface area contributed by atoms with E-state index >= 15 is 0 Å². The van der Waals surface area contributed by atoms with Gasteiger partial charge in [-0.2, -0.15) is 0 Å². The lowest BCUT2D eigenvalue weighted by atomic mass is 9.86. The number of rotatable bonds is 3. The summed E-state index contributed by atoms with van der Waals surface area (Å²) in [5.41, 5.74) is 7.20. The van der Waals surface area contributed by atoms with Gasteiger partial charge >= 0.3 is 0 Å². The SMILES string of the molecule is CC1CCC(N(C(=O)c2ccc(N)cc2)C2CC2)CC1.Cl. The third kappa shape index (κ3) is 3.70. The molecule has 0 bridgehead atoms. The van der Waals surface area contributed by atoms with Gasteiger partial charge in [0.1, 0.15) is 0 Å². The zero-order valence-corrected chi connectivity index (χ0v) is 13.4. The van der Waals surface area contributed by atoms with Crippen LogP contribution in [0.2, 0.25) is 0 Å². The summed E-state index contributed by atoms with van der Waals surface area (Å²) < 4.78 is 0. The van der Waals surface area contributed by atoms with Crippen LogP contribution in [-0.4, -0.2) is 22.9 Å². The molecule has 0 heterocycles. The molecule has 3 rings (SSSR count). The normalized spacial score (nSPS) is 25.0. The van der Waals surface area contributed by atoms with Crippen molar-refractivity contribution in [3.8, 4) is 0 Å². The van der Waals surface area contributed by atoms with Crippen LogP contribution in [-0.2, 0) is 0 Å². The molecule has 3 nitrogen and oxygen atoms in total. The van der Waals surface area contributed by atoms with E-state index in [0.29, 0.717) is 17.8 Å². The molecule has 21 heavy (non-hydrogen) atoms. The molecule has 2 fully saturated rings. The first-order valence-electron chi connectivity index (χ1n) is 7.83. The van der Waals surface area contributed by atoms with E-state index in [0.717, 1.165) is 11.5 Å². The van der Waals surface area contributed by atoms with Crippen LogP contribution in [0.25, 0.3) is 0 Å². The Morgan fingerprint density at radius 2 is 1.48 bits per heavy atom. The highest BCUT2D eigenvalue weighted by atomic mass is 35.5. The predicted octanol–water partition coefficient (Wildman–Crippen LogP) is 3.87. The quantitative estimate of drug-likeness (QED) is 0.862. The van der Waals surface area contributed by atoms with Gasteiger partial charge in [0.2, 0.25) is 0 Å². The van der Waals surface area contributed by atoms with Crippen LogP contribution in [0.1, 0.15) is 55.8 Å². The molecule has 2 aliphatic carbocycles. The average molecular weight is 309 g/mol. The van der Waals surface area contributed by atoms with Gasteiger partial charge < -0.3 is 10.6 Å². The molecule has 0 saturated heterocycles. The van der Waals surface area contributed by atoms with Gasteiger partial charge in [-0.15, -0.1) is 12.4 Å². The fraction of sp³-hybridized carbons (Fsp3) is 0.588. The maximum atomic E-state index is 12.8. The van der Waals surface area contributed by atoms with Gasteiger partial charge in [0.25, 0.3) is 5.91 Å². The Balaban J connectivity index is 0.00000161. The molecule has 0 aliphatic heterocycles. The molecule has 1 aromatic carbocycles. The van der Waals surface area contributed by atoms with E-state index in [9.17, 15) is 4.79 Å². The van der Waals surface area contributed by atoms with E-state index in [1.807, 2.05) is 24.3 Å². The molecular formula is C17H25ClN2O. The Kier molecular flexibility index (Phi) is 5.15. The van der Waals surface area contributed by atoms with Crippen LogP contribution in [0.5, 0.6) is 0 Å². The monoisotopic (exact) mass is 308 g/mol. The summed E-state index contributed by atoms with van der Waals surface area (Å²) in [7, 11) is 0. The van der Waals surface area contributed by atoms with Crippen LogP contribution < -0.4 is 5.73 Å². The lowest BCUT2D eigenvalue weighted by Gasteiger charge is -2.36. The Morgan fingerprint density at radius 3 is 1.95 bits per heavy atom. The highest BCUT2D eigenvalue weighted by Gasteiger charge is 2.38. The number of carbonyl (C=O) groups is 1. The third-order valence-corrected chi connectivity index (χ3v) is 4.71. The average Bonchev–Trinajstić information content (AvgIpc) is 3.26. The second kappa shape index (κ2) is 6.69. The number of anilines is 1. The molecule has 0 unspecified atom stereocenters. The van der Waals surface area contributed by atoms with Gasteiger partial charge in [-0.1, -0.05) is 6.92 Å². The predicted molar refractivity (Wildman–Crippen MR) is 88.7 cm³/mol. The lowest BCUT2D eigenvalue weighted by molar-refractivity contribution is 0.0593. The maximum Gasteiger partial charge on any atom is 0.254 e. The summed E-state index contributed by atoms with van der Waals surface area (Å²) in [6, 6.07) is 8.29. The van der Waals surface area contributed by atoms with E-state index in [1.165, 1.54) is 38.5 Å². The van der Waals surface area contributed by atoms with Crippen molar-refractivity contribution in [2.24, 2.45) is 5.92 Å². The van der Waals surface area contributed by atoms with E-state index in [4.69, 9.17) is 5.73 Å². The number of halogens is 1. The van der Waals surface area contributed by atoms with Crippen LogP contribution in [0.3, 0.4) is 0 Å². The minimum Gasteiger partial charge on any atom is -0.399 e. The molecule has 2 saturated carbocycles. The largest absolute Gasteiger partial charge is 0.399 e. The highest BCUT2D eigenvalue weighted by molar-refractivity contribution is 5.95. The summed E-state index contributed by atoms with van der Waals surface area (Å²) in [6.45, 7) is 2.32. The second-order valence-electron chi connectivity index (χ2n) is 6.48. The second-order valence-corrected chi connectivity index (χ2v) is 6.48. The highest BCUT2D eigenvalue weighted by Crippen LogP contribution is 2.36. The molecule has 2 aliphatic rings. The Morgan fingerprint density at radius 1 is 1.00 bits per heavy atom. The fourth-order valence-electron chi connectivity index (χ4n) is 3.28. The van der Waals surface area contributed by atoms with Gasteiger partial charge in [0, 0.05) is 23.3 Å². The number of hydrogen-bond acceptors (Lipinski definition) is 2. The third-order valence-electron chi connectivity index (χ3n) is 4.71. The minimum absolute atomic E-state index is 0. The number of nitrogen functional groups attached to an aromatic ring is 1. The Labute approximate surface area is 133 Å². The molecule has 1 aromatic rings. The standard InChI is InChI=1S/C17H24N2O.ClH/c1-12-2-8-15(9-3-12)19(16-10-11-16)17(20)13-4-6-14(18)7-5-13;/h4-7,12,15-16H,2-3,8-11,18H2,1H3;1H. The van der Waals surface area contributed by atoms with Crippen molar-refractivity contribution in [1.82, 2.24) is 4.90 Å². The molecule has 0 radical (unpaired) electrons. The molecule has 0 spiro atoms. The zero-order chi connectivity index (χ0) is 14.1. The maximum absolute atomic E-state index is 12.8. The molecule has 1 amide bonds. The van der Waals surface area contributed by atoms with E-state index in [-0.39, 0.29) is 18.3 Å². The van der Waals surface area contributed by atoms with Crippen molar-refractivity contribution >= 4 is 24.0 Å². The smallest absolute Gasteiger partial charge is 0.254 e. The number of nitrogens with two attached hydrogens (primary N) is 1. The van der Waals surface area contributed by atoms with Gasteiger partial charge in [0.05, 0.1) is 0 Å². The van der Waals surface area contributed by atoms with Crippen LogP contribution in [0.15, 0.2) is 24.3 Å². The zero-order valence-electron chi connectivity index (χ0n) is 12.6. The first-order valence-corrected chi connectivity index (χ1v) is 7.83. The van der Waals surface area contributed by atoms with E-state index in [1.54, 1.807) is 0 Å². The van der Waals surface area contributed by atoms with Crippen LogP contribution >= 0.6 is 12.4 Å². The Hall–Kier alpha value is -1.22. The molecule has 4 heteroatoms. The summed E-state index contributed by atoms with van der Waals surface area (Å²) in [6.07, 6.45) is 7.18. The van der Waals surface area contributed by atoms with E-state index in [2.05, 4.69) is 11.8 Å². The lowest BCUT2D eigenvalue weighted by Crippen LogP contribution is -2.43. The van der Waals surface area contributed by atoms with Crippen molar-refractivity contribution in [2.75, 3.05) is 5.73 Å². The number of nitrogens with zero attached hydrogens (tertiary/aromatic N) is 1. The summed E-state index contributed by atoms with van der Waals surface area (Å²) in [5.74, 6) is 1.02. The number of benzene rings is 1. The van der Waals surface area contributed by atoms with E-state index < -0.39 is 0 Å². The summed E-state index contributed by atoms with van der Waals surface area (Å²) in [4.78, 5) is 15.0. The topological polar surface area (TPSA) is 46.3 Å². The van der Waals surface area contributed by atoms with Crippen molar-refractivity contribution in [1.29, 1.82) is 0 Å². The number of carbonyl (C=O) groups excluding carboxylic acids is 1. The fourth-order valence-corrected chi connectivity index (χ4v) is 3.28. The molecule has 0 aromatic heterocycles.